The van der Waals surface area contributed by atoms with E-state index in [-0.39, 0.29) is 12.0 Å². The molecule has 0 bridgehead atoms. The third-order valence-corrected chi connectivity index (χ3v) is 3.50. The summed E-state index contributed by atoms with van der Waals surface area (Å²) in [5.41, 5.74) is 0.435. The quantitative estimate of drug-likeness (QED) is 0.785. The van der Waals surface area contributed by atoms with Crippen LogP contribution < -0.4 is 0 Å². The van der Waals surface area contributed by atoms with Crippen LogP contribution in [0.2, 0.25) is 10.0 Å². The lowest BCUT2D eigenvalue weighted by atomic mass is 10.1. The van der Waals surface area contributed by atoms with Gasteiger partial charge in [-0.15, -0.1) is 0 Å². The molecule has 6 heteroatoms. The zero-order valence-corrected chi connectivity index (χ0v) is 12.1. The van der Waals surface area contributed by atoms with Crippen LogP contribution in [0.4, 0.5) is 0 Å². The van der Waals surface area contributed by atoms with E-state index in [1.54, 1.807) is 30.2 Å². The van der Waals surface area contributed by atoms with Gasteiger partial charge in [0.1, 0.15) is 0 Å². The van der Waals surface area contributed by atoms with Gasteiger partial charge in [-0.3, -0.25) is 4.79 Å². The molecule has 0 radical (unpaired) electrons. The lowest BCUT2D eigenvalue weighted by Crippen LogP contribution is -2.55. The highest BCUT2D eigenvalue weighted by molar-refractivity contribution is 6.35. The first-order valence-electron chi connectivity index (χ1n) is 5.96. The second-order valence-electron chi connectivity index (χ2n) is 4.32. The average molecular weight is 304 g/mol. The summed E-state index contributed by atoms with van der Waals surface area (Å²) in [5, 5.41) is 0.916. The molecule has 2 rings (SSSR count). The van der Waals surface area contributed by atoms with Gasteiger partial charge in [0.2, 0.25) is 0 Å². The summed E-state index contributed by atoms with van der Waals surface area (Å²) in [4.78, 5) is 13.9. The van der Waals surface area contributed by atoms with E-state index in [2.05, 4.69) is 0 Å². The van der Waals surface area contributed by atoms with Gasteiger partial charge in [0.05, 0.1) is 29.9 Å². The lowest BCUT2D eigenvalue weighted by molar-refractivity contribution is -0.0554. The normalized spacial score (nSPS) is 15.4. The number of amides is 1. The largest absolute Gasteiger partial charge is 0.382 e. The molecule has 4 nitrogen and oxygen atoms in total. The van der Waals surface area contributed by atoms with Gasteiger partial charge in [0.25, 0.3) is 5.91 Å². The van der Waals surface area contributed by atoms with Gasteiger partial charge in [0, 0.05) is 25.2 Å². The highest BCUT2D eigenvalue weighted by atomic mass is 35.5. The van der Waals surface area contributed by atoms with E-state index in [1.807, 2.05) is 0 Å². The third-order valence-electron chi connectivity index (χ3n) is 2.94. The molecule has 0 N–H and O–H groups in total. The van der Waals surface area contributed by atoms with Crippen LogP contribution in [0.25, 0.3) is 0 Å². The molecule has 1 amide bonds. The number of halogens is 2. The molecule has 0 aliphatic carbocycles. The molecule has 1 aromatic carbocycles. The number of hydrogen-bond acceptors (Lipinski definition) is 3. The zero-order chi connectivity index (χ0) is 13.8. The SMILES string of the molecule is COCCOC1CN(C(=O)c2cc(Cl)ccc2Cl)C1. The van der Waals surface area contributed by atoms with E-state index in [1.165, 1.54) is 0 Å². The average Bonchev–Trinajstić information content (AvgIpc) is 2.34. The van der Waals surface area contributed by atoms with Crippen molar-refractivity contribution in [2.45, 2.75) is 6.10 Å². The molecular weight excluding hydrogens is 289 g/mol. The number of hydrogen-bond donors (Lipinski definition) is 0. The van der Waals surface area contributed by atoms with Crippen molar-refractivity contribution in [3.05, 3.63) is 33.8 Å². The number of methoxy groups -OCH3 is 1. The number of carbonyl (C=O) groups is 1. The van der Waals surface area contributed by atoms with Gasteiger partial charge in [-0.1, -0.05) is 23.2 Å². The minimum absolute atomic E-state index is 0.0806. The van der Waals surface area contributed by atoms with Gasteiger partial charge < -0.3 is 14.4 Å². The predicted molar refractivity (Wildman–Crippen MR) is 74.0 cm³/mol. The Kier molecular flexibility index (Phi) is 5.05. The highest BCUT2D eigenvalue weighted by Gasteiger charge is 2.32. The van der Waals surface area contributed by atoms with E-state index in [0.29, 0.717) is 41.9 Å². The summed E-state index contributed by atoms with van der Waals surface area (Å²) in [6.07, 6.45) is 0.0806. The maximum atomic E-state index is 12.2. The summed E-state index contributed by atoms with van der Waals surface area (Å²) >= 11 is 11.9. The second-order valence-corrected chi connectivity index (χ2v) is 5.16. The van der Waals surface area contributed by atoms with Crippen molar-refractivity contribution < 1.29 is 14.3 Å². The molecule has 1 fully saturated rings. The topological polar surface area (TPSA) is 38.8 Å². The molecule has 0 saturated carbocycles. The summed E-state index contributed by atoms with van der Waals surface area (Å²) < 4.78 is 10.4. The molecule has 104 valence electrons. The van der Waals surface area contributed by atoms with Crippen LogP contribution in [0.3, 0.4) is 0 Å². The third kappa shape index (κ3) is 3.60. The van der Waals surface area contributed by atoms with E-state index in [0.717, 1.165) is 0 Å². The van der Waals surface area contributed by atoms with Crippen molar-refractivity contribution in [1.82, 2.24) is 4.90 Å². The minimum Gasteiger partial charge on any atom is -0.382 e. The Bertz CT molecular complexity index is 461. The molecule has 1 aliphatic rings. The van der Waals surface area contributed by atoms with Crippen molar-refractivity contribution in [3.8, 4) is 0 Å². The standard InChI is InChI=1S/C13H15Cl2NO3/c1-18-4-5-19-10-7-16(8-10)13(17)11-6-9(14)2-3-12(11)15/h2-3,6,10H,4-5,7-8H2,1H3. The van der Waals surface area contributed by atoms with Gasteiger partial charge in [-0.2, -0.15) is 0 Å². The number of likely N-dealkylation sites (tertiary alicyclic amines) is 1. The van der Waals surface area contributed by atoms with E-state index in [9.17, 15) is 4.79 Å². The Balaban J connectivity index is 1.87. The van der Waals surface area contributed by atoms with Crippen molar-refractivity contribution >= 4 is 29.1 Å². The van der Waals surface area contributed by atoms with E-state index >= 15 is 0 Å². The Labute approximate surface area is 122 Å². The maximum absolute atomic E-state index is 12.2. The van der Waals surface area contributed by atoms with Crippen LogP contribution in [-0.2, 0) is 9.47 Å². The summed E-state index contributed by atoms with van der Waals surface area (Å²) in [6.45, 7) is 2.25. The van der Waals surface area contributed by atoms with Gasteiger partial charge in [-0.25, -0.2) is 0 Å². The molecule has 0 atom stereocenters. The zero-order valence-electron chi connectivity index (χ0n) is 10.6. The minimum atomic E-state index is -0.112. The van der Waals surface area contributed by atoms with Crippen molar-refractivity contribution in [2.24, 2.45) is 0 Å². The fourth-order valence-electron chi connectivity index (χ4n) is 1.84. The van der Waals surface area contributed by atoms with Gasteiger partial charge in [0.15, 0.2) is 0 Å². The van der Waals surface area contributed by atoms with Crippen LogP contribution in [0.1, 0.15) is 10.4 Å². The number of rotatable bonds is 5. The van der Waals surface area contributed by atoms with E-state index in [4.69, 9.17) is 32.7 Å². The number of ether oxygens (including phenoxy) is 2. The van der Waals surface area contributed by atoms with Crippen LogP contribution in [0, 0.1) is 0 Å². The van der Waals surface area contributed by atoms with Crippen LogP contribution in [-0.4, -0.2) is 50.3 Å². The molecule has 0 aromatic heterocycles. The fourth-order valence-corrected chi connectivity index (χ4v) is 2.21. The first-order chi connectivity index (χ1) is 9.11. The predicted octanol–water partition coefficient (Wildman–Crippen LogP) is 2.48. The monoisotopic (exact) mass is 303 g/mol. The Morgan fingerprint density at radius 3 is 2.79 bits per heavy atom. The number of carbonyl (C=O) groups excluding carboxylic acids is 1. The van der Waals surface area contributed by atoms with Crippen LogP contribution in [0.15, 0.2) is 18.2 Å². The number of nitrogens with zero attached hydrogens (tertiary/aromatic N) is 1. The van der Waals surface area contributed by atoms with Crippen molar-refractivity contribution in [2.75, 3.05) is 33.4 Å². The first-order valence-corrected chi connectivity index (χ1v) is 6.72. The van der Waals surface area contributed by atoms with Crippen molar-refractivity contribution in [3.63, 3.8) is 0 Å². The van der Waals surface area contributed by atoms with Gasteiger partial charge in [-0.05, 0) is 18.2 Å². The first kappa shape index (κ1) is 14.6. The summed E-state index contributed by atoms with van der Waals surface area (Å²) in [5.74, 6) is -0.112. The maximum Gasteiger partial charge on any atom is 0.255 e. The molecular formula is C13H15Cl2NO3. The fraction of sp³-hybridized carbons (Fsp3) is 0.462. The Hall–Kier alpha value is -0.810. The summed E-state index contributed by atoms with van der Waals surface area (Å²) in [7, 11) is 1.63. The van der Waals surface area contributed by atoms with Crippen molar-refractivity contribution in [1.29, 1.82) is 0 Å². The molecule has 0 spiro atoms. The molecule has 1 aliphatic heterocycles. The van der Waals surface area contributed by atoms with Gasteiger partial charge >= 0.3 is 0 Å². The molecule has 1 heterocycles. The molecule has 19 heavy (non-hydrogen) atoms. The smallest absolute Gasteiger partial charge is 0.255 e. The highest BCUT2D eigenvalue weighted by Crippen LogP contribution is 2.24. The Morgan fingerprint density at radius 2 is 2.11 bits per heavy atom. The summed E-state index contributed by atoms with van der Waals surface area (Å²) in [6, 6.07) is 4.88. The Morgan fingerprint density at radius 1 is 1.37 bits per heavy atom. The number of benzene rings is 1. The lowest BCUT2D eigenvalue weighted by Gasteiger charge is -2.39. The second kappa shape index (κ2) is 6.57. The van der Waals surface area contributed by atoms with Crippen LogP contribution >= 0.6 is 23.2 Å². The molecule has 1 saturated heterocycles. The molecule has 0 unspecified atom stereocenters. The molecule has 1 aromatic rings. The van der Waals surface area contributed by atoms with E-state index < -0.39 is 0 Å². The van der Waals surface area contributed by atoms with Crippen LogP contribution in [0.5, 0.6) is 0 Å².